The maximum Gasteiger partial charge on any atom is 0.446 e. The summed E-state index contributed by atoms with van der Waals surface area (Å²) < 4.78 is 38.3. The number of amides is 1. The predicted octanol–water partition coefficient (Wildman–Crippen LogP) is 1.42. The fourth-order valence-corrected chi connectivity index (χ4v) is 1.62. The normalized spacial score (nSPS) is 10.7. The van der Waals surface area contributed by atoms with E-state index in [1.165, 1.54) is 0 Å². The minimum Gasteiger partial charge on any atom is -0.493 e. The lowest BCUT2D eigenvalue weighted by atomic mass is 10.2. The summed E-state index contributed by atoms with van der Waals surface area (Å²) in [6.45, 7) is 2.35. The lowest BCUT2D eigenvalue weighted by Crippen LogP contribution is -2.19. The first-order valence-corrected chi connectivity index (χ1v) is 6.38. The van der Waals surface area contributed by atoms with Crippen LogP contribution in [0.15, 0.2) is 18.5 Å². The molecule has 2 rings (SSSR count). The smallest absolute Gasteiger partial charge is 0.446 e. The van der Waals surface area contributed by atoms with Crippen LogP contribution in [0.2, 0.25) is 0 Å². The van der Waals surface area contributed by atoms with Gasteiger partial charge >= 0.3 is 6.18 Å². The molecule has 0 saturated heterocycles. The third kappa shape index (κ3) is 4.87. The van der Waals surface area contributed by atoms with Crippen molar-refractivity contribution in [2.75, 3.05) is 19.4 Å². The van der Waals surface area contributed by atoms with E-state index in [1.807, 2.05) is 6.92 Å². The second-order valence-electron chi connectivity index (χ2n) is 4.13. The number of nitrogens with one attached hydrogen (secondary N) is 1. The van der Waals surface area contributed by atoms with Crippen LogP contribution in [0.25, 0.3) is 5.52 Å². The molecule has 23 heavy (non-hydrogen) atoms. The number of hydrogen-bond donors (Lipinski definition) is 2. The number of halogens is 3. The molecular formula is C13H15F3N4O3. The zero-order valence-corrected chi connectivity index (χ0v) is 12.3. The summed E-state index contributed by atoms with van der Waals surface area (Å²) in [5.41, 5.74) is 6.92. The van der Waals surface area contributed by atoms with Crippen LogP contribution in [-0.4, -0.2) is 41.4 Å². The van der Waals surface area contributed by atoms with E-state index in [4.69, 9.17) is 15.3 Å². The highest BCUT2D eigenvalue weighted by molar-refractivity contribution is 5.97. The molecule has 126 valence electrons. The van der Waals surface area contributed by atoms with Crippen molar-refractivity contribution in [1.82, 2.24) is 14.7 Å². The second kappa shape index (κ2) is 7.47. The Morgan fingerprint density at radius 1 is 1.52 bits per heavy atom. The Labute approximate surface area is 129 Å². The Bertz CT molecular complexity index is 698. The van der Waals surface area contributed by atoms with Gasteiger partial charge in [-0.05, 0) is 6.92 Å². The van der Waals surface area contributed by atoms with Crippen LogP contribution in [0.1, 0.15) is 17.3 Å². The number of anilines is 1. The molecule has 2 aromatic rings. The Morgan fingerprint density at radius 3 is 2.61 bits per heavy atom. The largest absolute Gasteiger partial charge is 0.493 e. The van der Waals surface area contributed by atoms with Gasteiger partial charge in [-0.1, -0.05) is 0 Å². The van der Waals surface area contributed by atoms with Gasteiger partial charge in [0.1, 0.15) is 5.75 Å². The van der Waals surface area contributed by atoms with Gasteiger partial charge in [0.15, 0.2) is 0 Å². The molecule has 0 spiro atoms. The monoisotopic (exact) mass is 332 g/mol. The maximum absolute atomic E-state index is 11.7. The van der Waals surface area contributed by atoms with E-state index in [0.717, 1.165) is 5.52 Å². The molecule has 0 atom stereocenters. The molecule has 2 heterocycles. The number of hydrogen-bond acceptors (Lipinski definition) is 5. The molecule has 0 aliphatic rings. The summed E-state index contributed by atoms with van der Waals surface area (Å²) in [5, 5.41) is 2.56. The highest BCUT2D eigenvalue weighted by Crippen LogP contribution is 2.22. The number of rotatable bonds is 3. The Balaban J connectivity index is 0.000000379. The first kappa shape index (κ1) is 18.3. The first-order valence-electron chi connectivity index (χ1n) is 6.38. The number of ether oxygens (including phenoxy) is 1. The number of imidazole rings is 1. The molecule has 0 unspecified atom stereocenters. The maximum atomic E-state index is 11.7. The molecule has 3 N–H and O–H groups in total. The summed E-state index contributed by atoms with van der Waals surface area (Å²) in [4.78, 5) is 24.4. The molecular weight excluding hydrogens is 317 g/mol. The molecule has 0 bridgehead atoms. The molecule has 1 amide bonds. The number of nitrogens with two attached hydrogens (primary N) is 1. The van der Waals surface area contributed by atoms with E-state index in [1.54, 1.807) is 29.9 Å². The second-order valence-corrected chi connectivity index (χ2v) is 4.13. The van der Waals surface area contributed by atoms with E-state index in [9.17, 15) is 18.0 Å². The van der Waals surface area contributed by atoms with Gasteiger partial charge in [0.05, 0.1) is 23.9 Å². The third-order valence-electron chi connectivity index (χ3n) is 2.56. The fourth-order valence-electron chi connectivity index (χ4n) is 1.62. The number of carbonyl (C=O) groups is 2. The Morgan fingerprint density at radius 2 is 2.13 bits per heavy atom. The molecule has 0 saturated carbocycles. The number of nitrogen functional groups attached to an aromatic ring is 1. The van der Waals surface area contributed by atoms with E-state index in [0.29, 0.717) is 23.9 Å². The van der Waals surface area contributed by atoms with Gasteiger partial charge in [0.25, 0.3) is 5.91 Å². The van der Waals surface area contributed by atoms with Gasteiger partial charge < -0.3 is 15.8 Å². The van der Waals surface area contributed by atoms with Gasteiger partial charge in [0, 0.05) is 19.3 Å². The average Bonchev–Trinajstić information content (AvgIpc) is 2.86. The van der Waals surface area contributed by atoms with E-state index < -0.39 is 12.5 Å². The number of aldehydes is 1. The highest BCUT2D eigenvalue weighted by atomic mass is 19.4. The standard InChI is InChI=1S/C11H14N4O2.C2HF3O/c1-3-17-9-4-7-5-14-11(12)15(7)6-8(9)10(16)13-2;3-2(4,5)1-6/h4-6H,3H2,1-2H3,(H2,12,14)(H,13,16);1H. The number of fused-ring (bicyclic) bond motifs is 1. The number of nitrogens with zero attached hydrogens (tertiary/aromatic N) is 2. The van der Waals surface area contributed by atoms with E-state index in [2.05, 4.69) is 10.3 Å². The van der Waals surface area contributed by atoms with Crippen LogP contribution in [-0.2, 0) is 4.79 Å². The van der Waals surface area contributed by atoms with Gasteiger partial charge in [-0.15, -0.1) is 0 Å². The summed E-state index contributed by atoms with van der Waals surface area (Å²) >= 11 is 0. The first-order chi connectivity index (χ1) is 10.7. The Hall–Kier alpha value is -2.78. The molecule has 0 aliphatic heterocycles. The molecule has 0 radical (unpaired) electrons. The SMILES string of the molecule is CCOc1cc2cnc(N)n2cc1C(=O)NC.O=CC(F)(F)F. The lowest BCUT2D eigenvalue weighted by molar-refractivity contribution is -0.156. The highest BCUT2D eigenvalue weighted by Gasteiger charge is 2.24. The van der Waals surface area contributed by atoms with Crippen molar-refractivity contribution in [3.63, 3.8) is 0 Å². The molecule has 0 aromatic carbocycles. The van der Waals surface area contributed by atoms with Crippen molar-refractivity contribution >= 4 is 23.7 Å². The zero-order chi connectivity index (χ0) is 17.6. The topological polar surface area (TPSA) is 98.7 Å². The number of alkyl halides is 3. The summed E-state index contributed by atoms with van der Waals surface area (Å²) in [6.07, 6.45) is -2.44. The van der Waals surface area contributed by atoms with Crippen molar-refractivity contribution in [2.45, 2.75) is 13.1 Å². The average molecular weight is 332 g/mol. The van der Waals surface area contributed by atoms with Gasteiger partial charge in [0.2, 0.25) is 12.2 Å². The lowest BCUT2D eigenvalue weighted by Gasteiger charge is -2.10. The van der Waals surface area contributed by atoms with Crippen LogP contribution in [0.4, 0.5) is 19.1 Å². The minimum absolute atomic E-state index is 0.219. The summed E-state index contributed by atoms with van der Waals surface area (Å²) in [5.74, 6) is 0.649. The molecule has 2 aromatic heterocycles. The van der Waals surface area contributed by atoms with Crippen LogP contribution >= 0.6 is 0 Å². The van der Waals surface area contributed by atoms with Gasteiger partial charge in [-0.3, -0.25) is 14.0 Å². The van der Waals surface area contributed by atoms with Crippen molar-refractivity contribution in [1.29, 1.82) is 0 Å². The van der Waals surface area contributed by atoms with E-state index in [-0.39, 0.29) is 5.91 Å². The van der Waals surface area contributed by atoms with Crippen molar-refractivity contribution in [3.8, 4) is 5.75 Å². The van der Waals surface area contributed by atoms with Gasteiger partial charge in [-0.2, -0.15) is 13.2 Å². The number of carbonyl (C=O) groups excluding carboxylic acids is 2. The molecule has 0 aliphatic carbocycles. The number of aromatic nitrogens is 2. The van der Waals surface area contributed by atoms with E-state index >= 15 is 0 Å². The number of pyridine rings is 1. The van der Waals surface area contributed by atoms with Crippen molar-refractivity contribution < 1.29 is 27.5 Å². The summed E-state index contributed by atoms with van der Waals surface area (Å²) in [7, 11) is 1.57. The van der Waals surface area contributed by atoms with Crippen LogP contribution in [0.5, 0.6) is 5.75 Å². The van der Waals surface area contributed by atoms with Crippen LogP contribution in [0, 0.1) is 0 Å². The van der Waals surface area contributed by atoms with Crippen molar-refractivity contribution in [2.24, 2.45) is 0 Å². The fraction of sp³-hybridized carbons (Fsp3) is 0.308. The molecule has 10 heteroatoms. The Kier molecular flexibility index (Phi) is 5.94. The van der Waals surface area contributed by atoms with Crippen LogP contribution < -0.4 is 15.8 Å². The molecule has 7 nitrogen and oxygen atoms in total. The predicted molar refractivity (Wildman–Crippen MR) is 76.3 cm³/mol. The van der Waals surface area contributed by atoms with Gasteiger partial charge in [-0.25, -0.2) is 4.98 Å². The zero-order valence-electron chi connectivity index (χ0n) is 12.3. The third-order valence-corrected chi connectivity index (χ3v) is 2.56. The quantitative estimate of drug-likeness (QED) is 0.828. The van der Waals surface area contributed by atoms with Crippen LogP contribution in [0.3, 0.4) is 0 Å². The summed E-state index contributed by atoms with van der Waals surface area (Å²) in [6, 6.07) is 1.75. The van der Waals surface area contributed by atoms with Crippen molar-refractivity contribution in [3.05, 3.63) is 24.0 Å². The molecule has 0 fully saturated rings. The minimum atomic E-state index is -4.64.